The molecule has 2 atom stereocenters. The molecule has 2 rings (SSSR count). The first-order valence-corrected chi connectivity index (χ1v) is 7.16. The van der Waals surface area contributed by atoms with Gasteiger partial charge in [-0.2, -0.15) is 0 Å². The zero-order valence-electron chi connectivity index (χ0n) is 10.7. The number of hydrogen-bond donors (Lipinski definition) is 1. The molecule has 2 unspecified atom stereocenters. The van der Waals surface area contributed by atoms with Gasteiger partial charge < -0.3 is 10.1 Å². The highest BCUT2D eigenvalue weighted by Gasteiger charge is 2.27. The molecule has 0 radical (unpaired) electrons. The number of nitrogens with one attached hydrogen (secondary N) is 1. The van der Waals surface area contributed by atoms with E-state index in [0.717, 1.165) is 5.92 Å². The molecule has 0 saturated heterocycles. The van der Waals surface area contributed by atoms with Crippen molar-refractivity contribution in [1.82, 2.24) is 5.32 Å². The van der Waals surface area contributed by atoms with Crippen LogP contribution in [-0.2, 0) is 4.74 Å². The summed E-state index contributed by atoms with van der Waals surface area (Å²) in [4.78, 5) is 0. The predicted molar refractivity (Wildman–Crippen MR) is 67.6 cm³/mol. The van der Waals surface area contributed by atoms with Crippen LogP contribution in [0.1, 0.15) is 57.8 Å². The highest BCUT2D eigenvalue weighted by Crippen LogP contribution is 2.25. The van der Waals surface area contributed by atoms with Crippen LogP contribution in [-0.4, -0.2) is 25.8 Å². The third-order valence-corrected chi connectivity index (χ3v) is 4.40. The van der Waals surface area contributed by atoms with Crippen molar-refractivity contribution < 1.29 is 4.74 Å². The third kappa shape index (κ3) is 3.46. The lowest BCUT2D eigenvalue weighted by Gasteiger charge is -2.23. The Kier molecular flexibility index (Phi) is 5.11. The minimum atomic E-state index is 0.478. The van der Waals surface area contributed by atoms with Crippen LogP contribution >= 0.6 is 0 Å². The van der Waals surface area contributed by atoms with Gasteiger partial charge >= 0.3 is 0 Å². The van der Waals surface area contributed by atoms with E-state index in [9.17, 15) is 0 Å². The van der Waals surface area contributed by atoms with Crippen LogP contribution < -0.4 is 5.32 Å². The van der Waals surface area contributed by atoms with Crippen molar-refractivity contribution in [2.75, 3.05) is 13.7 Å². The lowest BCUT2D eigenvalue weighted by atomic mass is 10.00. The van der Waals surface area contributed by atoms with Gasteiger partial charge in [-0.1, -0.05) is 25.7 Å². The monoisotopic (exact) mass is 225 g/mol. The predicted octanol–water partition coefficient (Wildman–Crippen LogP) is 3.11. The Morgan fingerprint density at radius 3 is 2.38 bits per heavy atom. The van der Waals surface area contributed by atoms with E-state index >= 15 is 0 Å². The Hall–Kier alpha value is -0.0800. The zero-order valence-corrected chi connectivity index (χ0v) is 10.7. The van der Waals surface area contributed by atoms with Crippen molar-refractivity contribution >= 4 is 0 Å². The van der Waals surface area contributed by atoms with Crippen molar-refractivity contribution in [2.45, 2.75) is 69.9 Å². The van der Waals surface area contributed by atoms with Crippen LogP contribution in [0.2, 0.25) is 0 Å². The lowest BCUT2D eigenvalue weighted by Crippen LogP contribution is -2.39. The maximum atomic E-state index is 5.53. The average molecular weight is 225 g/mol. The molecule has 0 aromatic carbocycles. The smallest absolute Gasteiger partial charge is 0.0724 e. The number of rotatable bonds is 4. The average Bonchev–Trinajstić information content (AvgIpc) is 2.60. The summed E-state index contributed by atoms with van der Waals surface area (Å²) in [5.41, 5.74) is 0. The Labute approximate surface area is 100 Å². The van der Waals surface area contributed by atoms with Crippen molar-refractivity contribution in [1.29, 1.82) is 0 Å². The Morgan fingerprint density at radius 1 is 0.938 bits per heavy atom. The van der Waals surface area contributed by atoms with Gasteiger partial charge in [0.15, 0.2) is 0 Å². The van der Waals surface area contributed by atoms with E-state index in [0.29, 0.717) is 12.1 Å². The molecule has 94 valence electrons. The first-order chi connectivity index (χ1) is 7.90. The van der Waals surface area contributed by atoms with E-state index in [1.54, 1.807) is 0 Å². The number of hydrogen-bond acceptors (Lipinski definition) is 2. The summed E-state index contributed by atoms with van der Waals surface area (Å²) in [5, 5.41) is 3.76. The van der Waals surface area contributed by atoms with E-state index in [1.807, 2.05) is 7.11 Å². The molecular formula is C14H27NO. The molecule has 2 aliphatic carbocycles. The summed E-state index contributed by atoms with van der Waals surface area (Å²) in [6.45, 7) is 1.23. The molecule has 2 heteroatoms. The van der Waals surface area contributed by atoms with Crippen LogP contribution in [0.15, 0.2) is 0 Å². The van der Waals surface area contributed by atoms with E-state index in [1.165, 1.54) is 64.3 Å². The van der Waals surface area contributed by atoms with Gasteiger partial charge in [0, 0.05) is 13.2 Å². The molecule has 0 aliphatic heterocycles. The molecule has 2 aliphatic rings. The van der Waals surface area contributed by atoms with E-state index in [4.69, 9.17) is 4.74 Å². The number of methoxy groups -OCH3 is 1. The van der Waals surface area contributed by atoms with Gasteiger partial charge in [-0.15, -0.1) is 0 Å². The van der Waals surface area contributed by atoms with E-state index in [-0.39, 0.29) is 0 Å². The largest absolute Gasteiger partial charge is 0.380 e. The Balaban J connectivity index is 1.69. The second-order valence-corrected chi connectivity index (χ2v) is 5.58. The van der Waals surface area contributed by atoms with E-state index in [2.05, 4.69) is 5.32 Å². The molecular weight excluding hydrogens is 198 g/mol. The second-order valence-electron chi connectivity index (χ2n) is 5.58. The molecule has 2 fully saturated rings. The van der Waals surface area contributed by atoms with Gasteiger partial charge in [0.05, 0.1) is 6.10 Å². The lowest BCUT2D eigenvalue weighted by molar-refractivity contribution is 0.0835. The summed E-state index contributed by atoms with van der Waals surface area (Å²) < 4.78 is 5.53. The minimum absolute atomic E-state index is 0.478. The molecule has 1 N–H and O–H groups in total. The first-order valence-electron chi connectivity index (χ1n) is 7.16. The van der Waals surface area contributed by atoms with Crippen LogP contribution in [0, 0.1) is 5.92 Å². The van der Waals surface area contributed by atoms with Crippen LogP contribution in [0.4, 0.5) is 0 Å². The molecule has 0 bridgehead atoms. The molecule has 0 amide bonds. The molecule has 0 aromatic rings. The summed E-state index contributed by atoms with van der Waals surface area (Å²) in [6, 6.07) is 0.633. The van der Waals surface area contributed by atoms with E-state index < -0.39 is 0 Å². The van der Waals surface area contributed by atoms with Gasteiger partial charge in [-0.25, -0.2) is 0 Å². The summed E-state index contributed by atoms with van der Waals surface area (Å²) in [6.07, 6.45) is 13.1. The van der Waals surface area contributed by atoms with Gasteiger partial charge in [0.2, 0.25) is 0 Å². The van der Waals surface area contributed by atoms with Crippen LogP contribution in [0.5, 0.6) is 0 Å². The molecule has 2 nitrogen and oxygen atoms in total. The quantitative estimate of drug-likeness (QED) is 0.742. The highest BCUT2D eigenvalue weighted by molar-refractivity contribution is 4.84. The first kappa shape index (κ1) is 12.4. The van der Waals surface area contributed by atoms with Crippen molar-refractivity contribution in [3.05, 3.63) is 0 Å². The molecule has 0 spiro atoms. The summed E-state index contributed by atoms with van der Waals surface area (Å²) in [5.74, 6) is 0.931. The maximum absolute atomic E-state index is 5.53. The Bertz CT molecular complexity index is 187. The zero-order chi connectivity index (χ0) is 11.2. The van der Waals surface area contributed by atoms with Crippen LogP contribution in [0.3, 0.4) is 0 Å². The second kappa shape index (κ2) is 6.61. The standard InChI is InChI=1S/C14H27NO/c1-16-14-10-6-9-13(14)15-11-12-7-4-2-3-5-8-12/h12-15H,2-11H2,1H3. The topological polar surface area (TPSA) is 21.3 Å². The van der Waals surface area contributed by atoms with Gasteiger partial charge in [0.1, 0.15) is 0 Å². The van der Waals surface area contributed by atoms with Crippen molar-refractivity contribution in [3.63, 3.8) is 0 Å². The van der Waals surface area contributed by atoms with Crippen LogP contribution in [0.25, 0.3) is 0 Å². The fourth-order valence-electron chi connectivity index (χ4n) is 3.33. The van der Waals surface area contributed by atoms with Gasteiger partial charge in [-0.05, 0) is 44.6 Å². The SMILES string of the molecule is COC1CCCC1NCC1CCCCCC1. The maximum Gasteiger partial charge on any atom is 0.0724 e. The minimum Gasteiger partial charge on any atom is -0.380 e. The third-order valence-electron chi connectivity index (χ3n) is 4.40. The fourth-order valence-corrected chi connectivity index (χ4v) is 3.33. The molecule has 0 heterocycles. The number of ether oxygens (including phenoxy) is 1. The molecule has 2 saturated carbocycles. The van der Waals surface area contributed by atoms with Crippen molar-refractivity contribution in [2.24, 2.45) is 5.92 Å². The van der Waals surface area contributed by atoms with Crippen molar-refractivity contribution in [3.8, 4) is 0 Å². The molecule has 0 aromatic heterocycles. The van der Waals surface area contributed by atoms with Gasteiger partial charge in [0.25, 0.3) is 0 Å². The Morgan fingerprint density at radius 2 is 1.69 bits per heavy atom. The summed E-state index contributed by atoms with van der Waals surface area (Å²) >= 11 is 0. The molecule has 16 heavy (non-hydrogen) atoms. The fraction of sp³-hybridized carbons (Fsp3) is 1.00. The summed E-state index contributed by atoms with van der Waals surface area (Å²) in [7, 11) is 1.86. The van der Waals surface area contributed by atoms with Gasteiger partial charge in [-0.3, -0.25) is 0 Å². The highest BCUT2D eigenvalue weighted by atomic mass is 16.5. The normalized spacial score (nSPS) is 32.8.